The molecule has 0 saturated heterocycles. The van der Waals surface area contributed by atoms with E-state index in [0.717, 1.165) is 0 Å². The number of aliphatic imine (C=N–C) groups is 1. The van der Waals surface area contributed by atoms with E-state index >= 15 is 0 Å². The molecule has 0 aliphatic heterocycles. The Labute approximate surface area is 153 Å². The number of carbonyl (C=O) groups excluding carboxylic acids is 1. The van der Waals surface area contributed by atoms with Crippen molar-refractivity contribution < 1.29 is 33.6 Å². The van der Waals surface area contributed by atoms with Gasteiger partial charge in [0, 0.05) is 13.7 Å². The number of aliphatic carboxylic acids is 1. The monoisotopic (exact) mass is 378 g/mol. The molecule has 152 valence electrons. The number of hydrogen-bond acceptors (Lipinski definition) is 7. The molecule has 0 spiro atoms. The minimum absolute atomic E-state index is 0.0573. The standard InChI is InChI=1S/C15H30N4O7/c1-23-5-6-24-7-8-25-9-10-26-11-13(20)19-12(14(21)22)3-2-4-18-15(16)17/h12H,2-11H2,1H3,(H,19,20)(H,21,22)(H4,16,17,18)/t12-/m0/s1. The Kier molecular flexibility index (Phi) is 15.3. The topological polar surface area (TPSA) is 168 Å². The fourth-order valence-electron chi connectivity index (χ4n) is 1.74. The van der Waals surface area contributed by atoms with Gasteiger partial charge in [-0.2, -0.15) is 0 Å². The summed E-state index contributed by atoms with van der Waals surface area (Å²) >= 11 is 0. The van der Waals surface area contributed by atoms with Crippen molar-refractivity contribution in [1.29, 1.82) is 0 Å². The van der Waals surface area contributed by atoms with Gasteiger partial charge >= 0.3 is 5.97 Å². The Balaban J connectivity index is 3.70. The lowest BCUT2D eigenvalue weighted by Crippen LogP contribution is -2.42. The van der Waals surface area contributed by atoms with Gasteiger partial charge in [0.15, 0.2) is 5.96 Å². The number of amides is 1. The van der Waals surface area contributed by atoms with Crippen LogP contribution in [0.2, 0.25) is 0 Å². The summed E-state index contributed by atoms with van der Waals surface area (Å²) in [6, 6.07) is -1.01. The van der Waals surface area contributed by atoms with Crippen molar-refractivity contribution in [3.63, 3.8) is 0 Å². The summed E-state index contributed by atoms with van der Waals surface area (Å²) in [6.07, 6.45) is 0.639. The van der Waals surface area contributed by atoms with Crippen LogP contribution < -0.4 is 16.8 Å². The fraction of sp³-hybridized carbons (Fsp3) is 0.800. The molecule has 0 radical (unpaired) electrons. The number of nitrogens with zero attached hydrogens (tertiary/aromatic N) is 1. The van der Waals surface area contributed by atoms with E-state index in [-0.39, 0.29) is 25.6 Å². The molecule has 0 aromatic heterocycles. The molecule has 1 atom stereocenters. The second-order valence-electron chi connectivity index (χ2n) is 5.18. The predicted octanol–water partition coefficient (Wildman–Crippen LogP) is -1.69. The van der Waals surface area contributed by atoms with Gasteiger partial charge < -0.3 is 40.8 Å². The van der Waals surface area contributed by atoms with Crippen LogP contribution in [-0.2, 0) is 28.5 Å². The summed E-state index contributed by atoms with van der Waals surface area (Å²) in [6.45, 7) is 2.48. The van der Waals surface area contributed by atoms with E-state index in [1.54, 1.807) is 7.11 Å². The molecule has 0 unspecified atom stereocenters. The lowest BCUT2D eigenvalue weighted by Gasteiger charge is -2.14. The van der Waals surface area contributed by atoms with Gasteiger partial charge in [0.2, 0.25) is 5.91 Å². The van der Waals surface area contributed by atoms with Gasteiger partial charge in [0.1, 0.15) is 12.6 Å². The van der Waals surface area contributed by atoms with Crippen LogP contribution in [0.15, 0.2) is 4.99 Å². The molecule has 11 nitrogen and oxygen atoms in total. The summed E-state index contributed by atoms with van der Waals surface area (Å²) in [7, 11) is 1.60. The van der Waals surface area contributed by atoms with Crippen LogP contribution in [0.5, 0.6) is 0 Å². The molecule has 11 heteroatoms. The molecule has 26 heavy (non-hydrogen) atoms. The van der Waals surface area contributed by atoms with E-state index in [9.17, 15) is 9.59 Å². The highest BCUT2D eigenvalue weighted by Crippen LogP contribution is 1.98. The van der Waals surface area contributed by atoms with E-state index in [4.69, 9.17) is 35.5 Å². The summed E-state index contributed by atoms with van der Waals surface area (Å²) in [5, 5.41) is 11.5. The molecule has 0 heterocycles. The van der Waals surface area contributed by atoms with Gasteiger partial charge in [-0.3, -0.25) is 9.79 Å². The van der Waals surface area contributed by atoms with Crippen molar-refractivity contribution in [2.24, 2.45) is 16.5 Å². The summed E-state index contributed by atoms with van der Waals surface area (Å²) in [5.41, 5.74) is 10.4. The number of ether oxygens (including phenoxy) is 4. The molecule has 6 N–H and O–H groups in total. The van der Waals surface area contributed by atoms with Crippen molar-refractivity contribution >= 4 is 17.8 Å². The van der Waals surface area contributed by atoms with Crippen LogP contribution in [-0.4, -0.2) is 88.9 Å². The van der Waals surface area contributed by atoms with Crippen LogP contribution in [0, 0.1) is 0 Å². The summed E-state index contributed by atoms with van der Waals surface area (Å²) < 4.78 is 20.4. The van der Waals surface area contributed by atoms with Gasteiger partial charge in [-0.1, -0.05) is 0 Å². The van der Waals surface area contributed by atoms with Gasteiger partial charge in [-0.15, -0.1) is 0 Å². The Bertz CT molecular complexity index is 417. The number of hydrogen-bond donors (Lipinski definition) is 4. The largest absolute Gasteiger partial charge is 0.480 e. The number of carbonyl (C=O) groups is 2. The molecule has 0 aliphatic carbocycles. The van der Waals surface area contributed by atoms with E-state index in [1.807, 2.05) is 0 Å². The van der Waals surface area contributed by atoms with Gasteiger partial charge in [-0.05, 0) is 12.8 Å². The van der Waals surface area contributed by atoms with E-state index in [2.05, 4.69) is 10.3 Å². The second kappa shape index (κ2) is 16.5. The van der Waals surface area contributed by atoms with Crippen molar-refractivity contribution in [3.8, 4) is 0 Å². The third kappa shape index (κ3) is 15.6. The number of nitrogens with one attached hydrogen (secondary N) is 1. The van der Waals surface area contributed by atoms with Gasteiger partial charge in [-0.25, -0.2) is 4.79 Å². The first-order chi connectivity index (χ1) is 12.5. The Morgan fingerprint density at radius 2 is 1.62 bits per heavy atom. The van der Waals surface area contributed by atoms with Crippen molar-refractivity contribution in [2.45, 2.75) is 18.9 Å². The highest BCUT2D eigenvalue weighted by Gasteiger charge is 2.19. The van der Waals surface area contributed by atoms with E-state index in [0.29, 0.717) is 46.0 Å². The van der Waals surface area contributed by atoms with Gasteiger partial charge in [0.05, 0.1) is 39.6 Å². The third-order valence-corrected chi connectivity index (χ3v) is 2.99. The molecule has 1 amide bonds. The van der Waals surface area contributed by atoms with Crippen molar-refractivity contribution in [1.82, 2.24) is 5.32 Å². The minimum atomic E-state index is -1.13. The molecule has 0 aromatic carbocycles. The van der Waals surface area contributed by atoms with Crippen LogP contribution in [0.25, 0.3) is 0 Å². The maximum absolute atomic E-state index is 11.7. The highest BCUT2D eigenvalue weighted by atomic mass is 16.6. The normalized spacial score (nSPS) is 11.7. The quantitative estimate of drug-likeness (QED) is 0.131. The second-order valence-corrected chi connectivity index (χ2v) is 5.18. The summed E-state index contributed by atoms with van der Waals surface area (Å²) in [5.74, 6) is -1.69. The van der Waals surface area contributed by atoms with E-state index < -0.39 is 17.9 Å². The van der Waals surface area contributed by atoms with Crippen LogP contribution in [0.1, 0.15) is 12.8 Å². The molecule has 0 bridgehead atoms. The number of methoxy groups -OCH3 is 1. The fourth-order valence-corrected chi connectivity index (χ4v) is 1.74. The minimum Gasteiger partial charge on any atom is -0.480 e. The highest BCUT2D eigenvalue weighted by molar-refractivity contribution is 5.84. The maximum atomic E-state index is 11.7. The first-order valence-corrected chi connectivity index (χ1v) is 8.27. The van der Waals surface area contributed by atoms with Crippen LogP contribution >= 0.6 is 0 Å². The van der Waals surface area contributed by atoms with Crippen molar-refractivity contribution in [2.75, 3.05) is 59.9 Å². The average Bonchev–Trinajstić information content (AvgIpc) is 2.58. The lowest BCUT2D eigenvalue weighted by molar-refractivity contribution is -0.142. The number of nitrogens with two attached hydrogens (primary N) is 2. The zero-order valence-corrected chi connectivity index (χ0v) is 15.1. The predicted molar refractivity (Wildman–Crippen MR) is 93.8 cm³/mol. The Morgan fingerprint density at radius 1 is 1.04 bits per heavy atom. The first-order valence-electron chi connectivity index (χ1n) is 8.27. The molecule has 0 fully saturated rings. The third-order valence-electron chi connectivity index (χ3n) is 2.99. The van der Waals surface area contributed by atoms with Crippen molar-refractivity contribution in [3.05, 3.63) is 0 Å². The van der Waals surface area contributed by atoms with E-state index in [1.165, 1.54) is 0 Å². The molecule has 0 aliphatic rings. The zero-order chi connectivity index (χ0) is 19.6. The molecule has 0 aromatic rings. The summed E-state index contributed by atoms with van der Waals surface area (Å²) in [4.78, 5) is 26.6. The molecular formula is C15H30N4O7. The number of carboxylic acid groups (broad SMARTS) is 1. The SMILES string of the molecule is COCCOCCOCCOCC(=O)N[C@@H](CCCN=C(N)N)C(=O)O. The van der Waals surface area contributed by atoms with Crippen LogP contribution in [0.3, 0.4) is 0 Å². The van der Waals surface area contributed by atoms with Gasteiger partial charge in [0.25, 0.3) is 0 Å². The average molecular weight is 378 g/mol. The maximum Gasteiger partial charge on any atom is 0.326 e. The number of rotatable bonds is 17. The van der Waals surface area contributed by atoms with Crippen LogP contribution in [0.4, 0.5) is 0 Å². The molecular weight excluding hydrogens is 348 g/mol. The number of carboxylic acids is 1. The molecule has 0 saturated carbocycles. The smallest absolute Gasteiger partial charge is 0.326 e. The lowest BCUT2D eigenvalue weighted by atomic mass is 10.1. The Hall–Kier alpha value is -1.95. The number of guanidine groups is 1. The zero-order valence-electron chi connectivity index (χ0n) is 15.1. The Morgan fingerprint density at radius 3 is 2.15 bits per heavy atom. The first kappa shape index (κ1) is 24.1. The molecule has 0 rings (SSSR count).